The van der Waals surface area contributed by atoms with Gasteiger partial charge in [-0.3, -0.25) is 14.5 Å². The van der Waals surface area contributed by atoms with Gasteiger partial charge in [0.05, 0.1) is 23.4 Å². The van der Waals surface area contributed by atoms with Gasteiger partial charge in [0.1, 0.15) is 0 Å². The molecule has 2 aromatic rings. The molecule has 0 saturated carbocycles. The fourth-order valence-electron chi connectivity index (χ4n) is 2.31. The summed E-state index contributed by atoms with van der Waals surface area (Å²) in [4.78, 5) is 25.3. The lowest BCUT2D eigenvalue weighted by atomic mass is 10.1. The zero-order valence-corrected chi connectivity index (χ0v) is 13.5. The molecule has 0 atom stereocenters. The standard InChI is InChI=1S/C14H14N4O5S/c1-9-16-17-12(23-9)8-15-24(21,22)7-6-18-13(19)10-4-2-3-5-11(10)14(18)20/h2-5,15H,6-8H2,1H3. The maximum atomic E-state index is 12.2. The van der Waals surface area contributed by atoms with E-state index in [2.05, 4.69) is 14.9 Å². The average molecular weight is 350 g/mol. The number of sulfonamides is 1. The van der Waals surface area contributed by atoms with E-state index in [4.69, 9.17) is 4.42 Å². The topological polar surface area (TPSA) is 122 Å². The minimum absolute atomic E-state index is 0.136. The van der Waals surface area contributed by atoms with Crippen LogP contribution in [0.5, 0.6) is 0 Å². The molecule has 3 rings (SSSR count). The summed E-state index contributed by atoms with van der Waals surface area (Å²) >= 11 is 0. The van der Waals surface area contributed by atoms with Crippen LogP contribution in [-0.2, 0) is 16.6 Å². The van der Waals surface area contributed by atoms with Crippen LogP contribution >= 0.6 is 0 Å². The van der Waals surface area contributed by atoms with Crippen LogP contribution in [0, 0.1) is 6.92 Å². The Morgan fingerprint density at radius 2 is 1.75 bits per heavy atom. The average Bonchev–Trinajstić information content (AvgIpc) is 3.07. The molecule has 10 heteroatoms. The first-order valence-corrected chi connectivity index (χ1v) is 8.74. The molecule has 0 aliphatic carbocycles. The number of benzene rings is 1. The molecule has 0 fully saturated rings. The summed E-state index contributed by atoms with van der Waals surface area (Å²) < 4.78 is 31.4. The maximum Gasteiger partial charge on any atom is 0.261 e. The van der Waals surface area contributed by atoms with E-state index in [1.807, 2.05) is 0 Å². The zero-order chi connectivity index (χ0) is 17.3. The first kappa shape index (κ1) is 16.3. The molecule has 1 N–H and O–H groups in total. The lowest BCUT2D eigenvalue weighted by Crippen LogP contribution is -2.37. The fraction of sp³-hybridized carbons (Fsp3) is 0.286. The fourth-order valence-corrected chi connectivity index (χ4v) is 3.22. The third-order valence-electron chi connectivity index (χ3n) is 3.47. The Kier molecular flexibility index (Phi) is 4.16. The van der Waals surface area contributed by atoms with E-state index < -0.39 is 27.6 Å². The molecule has 0 saturated heterocycles. The molecule has 1 aliphatic rings. The monoisotopic (exact) mass is 350 g/mol. The number of carbonyl (C=O) groups excluding carboxylic acids is 2. The molecule has 24 heavy (non-hydrogen) atoms. The molecule has 0 bridgehead atoms. The maximum absolute atomic E-state index is 12.2. The molecule has 2 heterocycles. The number of rotatable bonds is 6. The second kappa shape index (κ2) is 6.13. The van der Waals surface area contributed by atoms with Crippen molar-refractivity contribution in [3.05, 3.63) is 47.2 Å². The predicted molar refractivity (Wildman–Crippen MR) is 81.5 cm³/mol. The van der Waals surface area contributed by atoms with Crippen LogP contribution in [0.15, 0.2) is 28.7 Å². The first-order chi connectivity index (χ1) is 11.4. The van der Waals surface area contributed by atoms with Crippen LogP contribution in [0.4, 0.5) is 0 Å². The van der Waals surface area contributed by atoms with Gasteiger partial charge in [-0.05, 0) is 12.1 Å². The largest absolute Gasteiger partial charge is 0.424 e. The number of carbonyl (C=O) groups is 2. The Morgan fingerprint density at radius 1 is 1.12 bits per heavy atom. The van der Waals surface area contributed by atoms with E-state index in [0.29, 0.717) is 5.89 Å². The number of nitrogens with one attached hydrogen (secondary N) is 1. The van der Waals surface area contributed by atoms with E-state index in [1.54, 1.807) is 31.2 Å². The summed E-state index contributed by atoms with van der Waals surface area (Å²) in [5.74, 6) is -0.922. The zero-order valence-electron chi connectivity index (χ0n) is 12.7. The van der Waals surface area contributed by atoms with Gasteiger partial charge in [-0.1, -0.05) is 12.1 Å². The number of hydrogen-bond donors (Lipinski definition) is 1. The number of nitrogens with zero attached hydrogens (tertiary/aromatic N) is 3. The van der Waals surface area contributed by atoms with Gasteiger partial charge < -0.3 is 4.42 Å². The molecule has 0 radical (unpaired) electrons. The van der Waals surface area contributed by atoms with Crippen LogP contribution in [0.2, 0.25) is 0 Å². The lowest BCUT2D eigenvalue weighted by molar-refractivity contribution is 0.0664. The Hall–Kier alpha value is -2.59. The summed E-state index contributed by atoms with van der Waals surface area (Å²) in [5.41, 5.74) is 0.573. The van der Waals surface area contributed by atoms with Crippen molar-refractivity contribution in [2.75, 3.05) is 12.3 Å². The first-order valence-electron chi connectivity index (χ1n) is 7.09. The molecule has 126 valence electrons. The SMILES string of the molecule is Cc1nnc(CNS(=O)(=O)CCN2C(=O)c3ccccc3C2=O)o1. The molecular weight excluding hydrogens is 336 g/mol. The van der Waals surface area contributed by atoms with Crippen LogP contribution in [0.25, 0.3) is 0 Å². The summed E-state index contributed by atoms with van der Waals surface area (Å²) in [6.45, 7) is 1.21. The van der Waals surface area contributed by atoms with Crippen molar-refractivity contribution >= 4 is 21.8 Å². The molecule has 9 nitrogen and oxygen atoms in total. The normalized spacial score (nSPS) is 14.3. The second-order valence-corrected chi connectivity index (χ2v) is 7.09. The van der Waals surface area contributed by atoms with Gasteiger partial charge in [0.15, 0.2) is 0 Å². The van der Waals surface area contributed by atoms with Crippen molar-refractivity contribution in [1.82, 2.24) is 19.8 Å². The highest BCUT2D eigenvalue weighted by Crippen LogP contribution is 2.22. The smallest absolute Gasteiger partial charge is 0.261 e. The molecule has 0 unspecified atom stereocenters. The number of imide groups is 1. The van der Waals surface area contributed by atoms with E-state index in [-0.39, 0.29) is 30.1 Å². The number of amides is 2. The molecule has 1 aromatic carbocycles. The summed E-state index contributed by atoms with van der Waals surface area (Å²) in [6, 6.07) is 6.39. The quantitative estimate of drug-likeness (QED) is 0.733. The van der Waals surface area contributed by atoms with Crippen LogP contribution in [0.3, 0.4) is 0 Å². The minimum atomic E-state index is -3.72. The van der Waals surface area contributed by atoms with Gasteiger partial charge in [0, 0.05) is 13.5 Å². The van der Waals surface area contributed by atoms with Crippen molar-refractivity contribution in [1.29, 1.82) is 0 Å². The van der Waals surface area contributed by atoms with Crippen molar-refractivity contribution in [3.8, 4) is 0 Å². The highest BCUT2D eigenvalue weighted by Gasteiger charge is 2.35. The summed E-state index contributed by atoms with van der Waals surface area (Å²) in [6.07, 6.45) is 0. The Bertz CT molecular complexity index is 870. The third kappa shape index (κ3) is 3.19. The second-order valence-electron chi connectivity index (χ2n) is 5.16. The molecular formula is C14H14N4O5S. The molecule has 0 spiro atoms. The van der Waals surface area contributed by atoms with E-state index >= 15 is 0 Å². The van der Waals surface area contributed by atoms with E-state index in [0.717, 1.165) is 4.90 Å². The predicted octanol–water partition coefficient (Wildman–Crippen LogP) is 0.0936. The van der Waals surface area contributed by atoms with Crippen LogP contribution in [-0.4, -0.2) is 47.6 Å². The Morgan fingerprint density at radius 3 is 2.29 bits per heavy atom. The Labute approximate surface area is 137 Å². The number of hydrogen-bond acceptors (Lipinski definition) is 7. The van der Waals surface area contributed by atoms with E-state index in [9.17, 15) is 18.0 Å². The van der Waals surface area contributed by atoms with Crippen molar-refractivity contribution in [2.24, 2.45) is 0 Å². The van der Waals surface area contributed by atoms with Gasteiger partial charge in [0.2, 0.25) is 21.8 Å². The van der Waals surface area contributed by atoms with Gasteiger partial charge >= 0.3 is 0 Å². The van der Waals surface area contributed by atoms with Gasteiger partial charge in [0.25, 0.3) is 11.8 Å². The van der Waals surface area contributed by atoms with E-state index in [1.165, 1.54) is 0 Å². The van der Waals surface area contributed by atoms with Crippen molar-refractivity contribution in [2.45, 2.75) is 13.5 Å². The molecule has 2 amide bonds. The summed E-state index contributed by atoms with van der Waals surface area (Å²) in [7, 11) is -3.72. The highest BCUT2D eigenvalue weighted by atomic mass is 32.2. The Balaban J connectivity index is 1.61. The highest BCUT2D eigenvalue weighted by molar-refractivity contribution is 7.89. The third-order valence-corrected chi connectivity index (χ3v) is 4.78. The molecule has 1 aromatic heterocycles. The van der Waals surface area contributed by atoms with Gasteiger partial charge in [-0.2, -0.15) is 0 Å². The number of aromatic nitrogens is 2. The number of fused-ring (bicyclic) bond motifs is 1. The molecule has 1 aliphatic heterocycles. The van der Waals surface area contributed by atoms with Crippen LogP contribution < -0.4 is 4.72 Å². The minimum Gasteiger partial charge on any atom is -0.424 e. The summed E-state index contributed by atoms with van der Waals surface area (Å²) in [5, 5.41) is 7.27. The number of aryl methyl sites for hydroxylation is 1. The van der Waals surface area contributed by atoms with Gasteiger partial charge in [-0.15, -0.1) is 10.2 Å². The lowest BCUT2D eigenvalue weighted by Gasteiger charge is -2.13. The van der Waals surface area contributed by atoms with Crippen molar-refractivity contribution in [3.63, 3.8) is 0 Å². The van der Waals surface area contributed by atoms with Crippen molar-refractivity contribution < 1.29 is 22.4 Å². The van der Waals surface area contributed by atoms with Crippen LogP contribution in [0.1, 0.15) is 32.5 Å². The van der Waals surface area contributed by atoms with Gasteiger partial charge in [-0.25, -0.2) is 13.1 Å².